The number of piperidine rings is 1. The van der Waals surface area contributed by atoms with E-state index in [2.05, 4.69) is 9.97 Å². The Bertz CT molecular complexity index is 992. The first kappa shape index (κ1) is 18.4. The van der Waals surface area contributed by atoms with Crippen LogP contribution in [0.5, 0.6) is 5.75 Å². The maximum absolute atomic E-state index is 13.4. The first-order valence-electron chi connectivity index (χ1n) is 9.56. The quantitative estimate of drug-likeness (QED) is 0.692. The van der Waals surface area contributed by atoms with Crippen LogP contribution in [0, 0.1) is 0 Å². The number of nitrogens with zero attached hydrogens (tertiary/aromatic N) is 4. The van der Waals surface area contributed by atoms with Gasteiger partial charge in [-0.2, -0.15) is 0 Å². The smallest absolute Gasteiger partial charge is 0.255 e. The summed E-state index contributed by atoms with van der Waals surface area (Å²) in [6.07, 6.45) is 2.31. The maximum atomic E-state index is 13.4. The summed E-state index contributed by atoms with van der Waals surface area (Å²) in [6, 6.07) is 9.49. The number of alkyl halides is 1. The zero-order valence-corrected chi connectivity index (χ0v) is 16.1. The maximum Gasteiger partial charge on any atom is 0.255 e. The zero-order valence-electron chi connectivity index (χ0n) is 16.1. The van der Waals surface area contributed by atoms with Crippen molar-refractivity contribution in [1.82, 2.24) is 19.4 Å². The fourth-order valence-electron chi connectivity index (χ4n) is 3.60. The van der Waals surface area contributed by atoms with E-state index in [-0.39, 0.29) is 5.91 Å². The molecule has 6 nitrogen and oxygen atoms in total. The Hall–Kier alpha value is -2.96. The first-order chi connectivity index (χ1) is 13.6. The van der Waals surface area contributed by atoms with E-state index >= 15 is 0 Å². The van der Waals surface area contributed by atoms with Crippen molar-refractivity contribution in [3.05, 3.63) is 47.9 Å². The van der Waals surface area contributed by atoms with Crippen molar-refractivity contribution in [3.8, 4) is 11.4 Å². The standard InChI is InChI=1S/C21H23FN4O2/c1-3-19-24-18-12-14(21(27)25-10-8-15(22)9-11-25)13-23-20(18)26(19)16-4-6-17(28-2)7-5-16/h4-7,12-13,15H,3,8-11H2,1-2H3. The van der Waals surface area contributed by atoms with Crippen LogP contribution in [0.15, 0.2) is 36.5 Å². The third kappa shape index (κ3) is 3.32. The Morgan fingerprint density at radius 2 is 1.96 bits per heavy atom. The number of carbonyl (C=O) groups excluding carboxylic acids is 1. The van der Waals surface area contributed by atoms with Gasteiger partial charge in [0.25, 0.3) is 5.91 Å². The van der Waals surface area contributed by atoms with E-state index < -0.39 is 6.17 Å². The number of carbonyl (C=O) groups is 1. The summed E-state index contributed by atoms with van der Waals surface area (Å²) < 4.78 is 20.6. The minimum atomic E-state index is -0.808. The van der Waals surface area contributed by atoms with Crippen molar-refractivity contribution in [2.75, 3.05) is 20.2 Å². The van der Waals surface area contributed by atoms with Gasteiger partial charge in [-0.25, -0.2) is 14.4 Å². The fraction of sp³-hybridized carbons (Fsp3) is 0.381. The molecule has 0 spiro atoms. The van der Waals surface area contributed by atoms with Gasteiger partial charge in [0.1, 0.15) is 23.3 Å². The SMILES string of the molecule is CCc1nc2cc(C(=O)N3CCC(F)CC3)cnc2n1-c1ccc(OC)cc1. The number of pyridine rings is 1. The van der Waals surface area contributed by atoms with Crippen LogP contribution in [-0.2, 0) is 6.42 Å². The number of hydrogen-bond acceptors (Lipinski definition) is 4. The van der Waals surface area contributed by atoms with Gasteiger partial charge in [0.15, 0.2) is 5.65 Å². The van der Waals surface area contributed by atoms with E-state index in [9.17, 15) is 9.18 Å². The van der Waals surface area contributed by atoms with Gasteiger partial charge in [0.2, 0.25) is 0 Å². The minimum Gasteiger partial charge on any atom is -0.497 e. The van der Waals surface area contributed by atoms with Crippen LogP contribution < -0.4 is 4.74 Å². The van der Waals surface area contributed by atoms with E-state index in [0.717, 1.165) is 23.7 Å². The van der Waals surface area contributed by atoms with Gasteiger partial charge in [-0.15, -0.1) is 0 Å². The number of benzene rings is 1. The highest BCUT2D eigenvalue weighted by molar-refractivity contribution is 5.96. The molecule has 1 aliphatic heterocycles. The predicted molar refractivity (Wildman–Crippen MR) is 105 cm³/mol. The largest absolute Gasteiger partial charge is 0.497 e. The lowest BCUT2D eigenvalue weighted by Crippen LogP contribution is -2.39. The molecule has 1 saturated heterocycles. The van der Waals surface area contributed by atoms with Crippen LogP contribution in [0.4, 0.5) is 4.39 Å². The molecule has 0 N–H and O–H groups in total. The molecule has 2 aromatic heterocycles. The second kappa shape index (κ2) is 7.58. The predicted octanol–water partition coefficient (Wildman–Crippen LogP) is 3.57. The molecule has 0 atom stereocenters. The lowest BCUT2D eigenvalue weighted by molar-refractivity contribution is 0.0666. The summed E-state index contributed by atoms with van der Waals surface area (Å²) in [7, 11) is 1.63. The molecule has 0 unspecified atom stereocenters. The van der Waals surface area contributed by atoms with Crippen LogP contribution >= 0.6 is 0 Å². The van der Waals surface area contributed by atoms with Crippen LogP contribution in [-0.4, -0.2) is 51.7 Å². The molecule has 0 aliphatic carbocycles. The number of methoxy groups -OCH3 is 1. The summed E-state index contributed by atoms with van der Waals surface area (Å²) >= 11 is 0. The molecular formula is C21H23FN4O2. The number of halogens is 1. The Morgan fingerprint density at radius 3 is 2.61 bits per heavy atom. The van der Waals surface area contributed by atoms with Crippen molar-refractivity contribution < 1.29 is 13.9 Å². The van der Waals surface area contributed by atoms with Gasteiger partial charge >= 0.3 is 0 Å². The van der Waals surface area contributed by atoms with Crippen molar-refractivity contribution >= 4 is 17.1 Å². The van der Waals surface area contributed by atoms with Crippen LogP contribution in [0.2, 0.25) is 0 Å². The molecule has 146 valence electrons. The number of aromatic nitrogens is 3. The van der Waals surface area contributed by atoms with Crippen molar-refractivity contribution in [2.24, 2.45) is 0 Å². The molecule has 0 bridgehead atoms. The highest BCUT2D eigenvalue weighted by Gasteiger charge is 2.24. The highest BCUT2D eigenvalue weighted by Crippen LogP contribution is 2.24. The van der Waals surface area contributed by atoms with Gasteiger partial charge in [0.05, 0.1) is 12.7 Å². The fourth-order valence-corrected chi connectivity index (χ4v) is 3.60. The van der Waals surface area contributed by atoms with E-state index in [4.69, 9.17) is 4.74 Å². The van der Waals surface area contributed by atoms with Crippen LogP contribution in [0.3, 0.4) is 0 Å². The molecule has 3 heterocycles. The van der Waals surface area contributed by atoms with Crippen molar-refractivity contribution in [2.45, 2.75) is 32.4 Å². The number of imidazole rings is 1. The van der Waals surface area contributed by atoms with Crippen molar-refractivity contribution in [1.29, 1.82) is 0 Å². The van der Waals surface area contributed by atoms with Gasteiger partial charge in [-0.05, 0) is 43.2 Å². The normalized spacial score (nSPS) is 15.2. The number of likely N-dealkylation sites (tertiary alicyclic amines) is 1. The van der Waals surface area contributed by atoms with E-state index in [1.165, 1.54) is 0 Å². The third-order valence-electron chi connectivity index (χ3n) is 5.17. The molecule has 1 aliphatic rings. The minimum absolute atomic E-state index is 0.113. The summed E-state index contributed by atoms with van der Waals surface area (Å²) in [6.45, 7) is 2.92. The Balaban J connectivity index is 1.70. The average Bonchev–Trinajstić information content (AvgIpc) is 3.11. The lowest BCUT2D eigenvalue weighted by atomic mass is 10.1. The molecule has 0 radical (unpaired) electrons. The molecule has 3 aromatic rings. The monoisotopic (exact) mass is 382 g/mol. The summed E-state index contributed by atoms with van der Waals surface area (Å²) in [5.41, 5.74) is 2.82. The zero-order chi connectivity index (χ0) is 19.7. The molecule has 4 rings (SSSR count). The number of ether oxygens (including phenoxy) is 1. The van der Waals surface area contributed by atoms with Gasteiger partial charge in [-0.1, -0.05) is 6.92 Å². The van der Waals surface area contributed by atoms with Gasteiger partial charge in [-0.3, -0.25) is 9.36 Å². The second-order valence-electron chi connectivity index (χ2n) is 6.95. The summed E-state index contributed by atoms with van der Waals surface area (Å²) in [5.74, 6) is 1.54. The molecule has 1 aromatic carbocycles. The Labute approximate surface area is 163 Å². The van der Waals surface area contributed by atoms with Gasteiger partial charge in [0, 0.05) is 31.4 Å². The second-order valence-corrected chi connectivity index (χ2v) is 6.95. The van der Waals surface area contributed by atoms with E-state index in [1.54, 1.807) is 24.3 Å². The molecule has 0 saturated carbocycles. The third-order valence-corrected chi connectivity index (χ3v) is 5.17. The van der Waals surface area contributed by atoms with Crippen LogP contribution in [0.25, 0.3) is 16.9 Å². The molecule has 1 fully saturated rings. The average molecular weight is 382 g/mol. The molecule has 7 heteroatoms. The topological polar surface area (TPSA) is 60.2 Å². The molecule has 28 heavy (non-hydrogen) atoms. The summed E-state index contributed by atoms with van der Waals surface area (Å²) in [4.78, 5) is 23.7. The Morgan fingerprint density at radius 1 is 1.25 bits per heavy atom. The lowest BCUT2D eigenvalue weighted by Gasteiger charge is -2.28. The Kier molecular flexibility index (Phi) is 4.98. The highest BCUT2D eigenvalue weighted by atomic mass is 19.1. The number of hydrogen-bond donors (Lipinski definition) is 0. The number of fused-ring (bicyclic) bond motifs is 1. The number of aryl methyl sites for hydroxylation is 1. The molecular weight excluding hydrogens is 359 g/mol. The van der Waals surface area contributed by atoms with Crippen molar-refractivity contribution in [3.63, 3.8) is 0 Å². The molecule has 1 amide bonds. The van der Waals surface area contributed by atoms with E-state index in [1.807, 2.05) is 35.8 Å². The van der Waals surface area contributed by atoms with Crippen LogP contribution in [0.1, 0.15) is 35.9 Å². The van der Waals surface area contributed by atoms with E-state index in [0.29, 0.717) is 42.7 Å². The first-order valence-corrected chi connectivity index (χ1v) is 9.56. The summed E-state index contributed by atoms with van der Waals surface area (Å²) in [5, 5.41) is 0. The van der Waals surface area contributed by atoms with Gasteiger partial charge < -0.3 is 9.64 Å². The number of rotatable bonds is 4. The number of amides is 1.